The first kappa shape index (κ1) is 25.1. The number of halogens is 3. The molecule has 2 atom stereocenters. The van der Waals surface area contributed by atoms with E-state index in [-0.39, 0.29) is 52.9 Å². The Morgan fingerprint density at radius 3 is 2.76 bits per heavy atom. The highest BCUT2D eigenvalue weighted by atomic mass is 35.5. The molecule has 2 aliphatic rings. The van der Waals surface area contributed by atoms with Gasteiger partial charge in [-0.25, -0.2) is 8.78 Å². The lowest BCUT2D eigenvalue weighted by Gasteiger charge is -2.34. The Morgan fingerprint density at radius 1 is 1.16 bits per heavy atom. The van der Waals surface area contributed by atoms with Gasteiger partial charge in [0.05, 0.1) is 39.9 Å². The average Bonchev–Trinajstić information content (AvgIpc) is 3.24. The van der Waals surface area contributed by atoms with Gasteiger partial charge < -0.3 is 10.2 Å². The molecule has 4 heterocycles. The zero-order valence-corrected chi connectivity index (χ0v) is 21.2. The number of benzene rings is 1. The largest absolute Gasteiger partial charge is 0.330 e. The van der Waals surface area contributed by atoms with Crippen molar-refractivity contribution in [3.05, 3.63) is 70.6 Å². The highest BCUT2D eigenvalue weighted by molar-refractivity contribution is 6.31. The molecule has 0 radical (unpaired) electrons. The van der Waals surface area contributed by atoms with Crippen molar-refractivity contribution in [3.63, 3.8) is 0 Å². The van der Waals surface area contributed by atoms with Crippen LogP contribution in [0, 0.1) is 17.6 Å². The molecule has 1 aromatic carbocycles. The first-order chi connectivity index (χ1) is 17.7. The van der Waals surface area contributed by atoms with Crippen molar-refractivity contribution >= 4 is 34.7 Å². The molecule has 0 saturated carbocycles. The van der Waals surface area contributed by atoms with E-state index in [1.807, 2.05) is 19.1 Å². The molecule has 0 spiro atoms. The summed E-state index contributed by atoms with van der Waals surface area (Å²) in [4.78, 5) is 32.4. The first-order valence-corrected chi connectivity index (χ1v) is 12.6. The van der Waals surface area contributed by atoms with E-state index in [2.05, 4.69) is 15.4 Å². The third-order valence-electron chi connectivity index (χ3n) is 7.10. The highest BCUT2D eigenvalue weighted by Crippen LogP contribution is 2.37. The van der Waals surface area contributed by atoms with E-state index in [9.17, 15) is 18.4 Å². The van der Waals surface area contributed by atoms with Crippen molar-refractivity contribution in [1.82, 2.24) is 19.7 Å². The molecule has 7 nitrogen and oxygen atoms in total. The number of anilines is 1. The summed E-state index contributed by atoms with van der Waals surface area (Å²) in [6.07, 6.45) is 6.75. The van der Waals surface area contributed by atoms with Crippen LogP contribution < -0.4 is 5.32 Å². The lowest BCUT2D eigenvalue weighted by Crippen LogP contribution is -2.38. The molecule has 2 aliphatic heterocycles. The van der Waals surface area contributed by atoms with E-state index in [4.69, 9.17) is 11.6 Å². The van der Waals surface area contributed by atoms with E-state index in [1.165, 1.54) is 6.08 Å². The maximum absolute atomic E-state index is 14.6. The zero-order valence-electron chi connectivity index (χ0n) is 20.5. The van der Waals surface area contributed by atoms with Crippen LogP contribution in [0.3, 0.4) is 0 Å². The van der Waals surface area contributed by atoms with Crippen molar-refractivity contribution in [3.8, 4) is 11.3 Å². The number of pyridine rings is 1. The van der Waals surface area contributed by atoms with Crippen molar-refractivity contribution in [2.45, 2.75) is 38.6 Å². The number of aromatic nitrogens is 3. The van der Waals surface area contributed by atoms with E-state index in [0.717, 1.165) is 23.4 Å². The van der Waals surface area contributed by atoms with Crippen LogP contribution in [-0.2, 0) is 16.6 Å². The van der Waals surface area contributed by atoms with E-state index in [1.54, 1.807) is 29.0 Å². The molecule has 2 amide bonds. The molecule has 0 saturated heterocycles. The number of carbonyl (C=O) groups is 2. The molecule has 37 heavy (non-hydrogen) atoms. The number of carbonyl (C=O) groups excluding carboxylic acids is 2. The molecule has 10 heteroatoms. The van der Waals surface area contributed by atoms with Crippen LogP contribution in [0.4, 0.5) is 14.5 Å². The molecular weight excluding hydrogens is 500 g/mol. The Kier molecular flexibility index (Phi) is 6.81. The number of hydrogen-bond donors (Lipinski definition) is 1. The molecule has 0 fully saturated rings. The molecule has 0 aliphatic carbocycles. The molecule has 2 aromatic heterocycles. The minimum Gasteiger partial charge on any atom is -0.330 e. The van der Waals surface area contributed by atoms with Crippen LogP contribution in [0.2, 0.25) is 5.02 Å². The van der Waals surface area contributed by atoms with Crippen LogP contribution in [-0.4, -0.2) is 38.0 Å². The molecule has 2 bridgehead atoms. The minimum atomic E-state index is -0.867. The molecule has 2 unspecified atom stereocenters. The van der Waals surface area contributed by atoms with Crippen molar-refractivity contribution in [2.24, 2.45) is 13.0 Å². The van der Waals surface area contributed by atoms with Gasteiger partial charge in [0, 0.05) is 37.3 Å². The normalized spacial score (nSPS) is 20.5. The lowest BCUT2D eigenvalue weighted by molar-refractivity contribution is -0.129. The first-order valence-electron chi connectivity index (χ1n) is 12.2. The van der Waals surface area contributed by atoms with Crippen molar-refractivity contribution < 1.29 is 18.4 Å². The average molecular weight is 526 g/mol. The van der Waals surface area contributed by atoms with Gasteiger partial charge in [0.25, 0.3) is 0 Å². The second-order valence-corrected chi connectivity index (χ2v) is 9.91. The summed E-state index contributed by atoms with van der Waals surface area (Å²) in [5.74, 6) is -2.30. The SMILES string of the molecule is CC1CCCC(N2CCC(c3c(F)ccc(Cl)c3F)=CC2=O)c2cc(ccn2)-c2c(cnn2C)NC1=O. The third-order valence-corrected chi connectivity index (χ3v) is 7.39. The Hall–Kier alpha value is -3.59. The monoisotopic (exact) mass is 525 g/mol. The topological polar surface area (TPSA) is 80.1 Å². The summed E-state index contributed by atoms with van der Waals surface area (Å²) in [7, 11) is 1.80. The second-order valence-electron chi connectivity index (χ2n) is 9.51. The maximum Gasteiger partial charge on any atom is 0.247 e. The Balaban J connectivity index is 1.53. The summed E-state index contributed by atoms with van der Waals surface area (Å²) in [6.45, 7) is 2.14. The Labute approximate surface area is 218 Å². The van der Waals surface area contributed by atoms with Gasteiger partial charge in [-0.1, -0.05) is 24.9 Å². The van der Waals surface area contributed by atoms with Crippen LogP contribution in [0.1, 0.15) is 49.9 Å². The minimum absolute atomic E-state index is 0.0900. The third kappa shape index (κ3) is 4.75. The van der Waals surface area contributed by atoms with Gasteiger partial charge in [-0.2, -0.15) is 5.10 Å². The summed E-state index contributed by atoms with van der Waals surface area (Å²) in [5.41, 5.74) is 2.88. The van der Waals surface area contributed by atoms with Crippen LogP contribution in [0.25, 0.3) is 16.8 Å². The summed E-state index contributed by atoms with van der Waals surface area (Å²) < 4.78 is 30.8. The number of fused-ring (bicyclic) bond motifs is 4. The second kappa shape index (κ2) is 10.0. The fraction of sp³-hybridized carbons (Fsp3) is 0.333. The van der Waals surface area contributed by atoms with Gasteiger partial charge in [0.1, 0.15) is 5.82 Å². The summed E-state index contributed by atoms with van der Waals surface area (Å²) in [5, 5.41) is 7.11. The Morgan fingerprint density at radius 2 is 1.97 bits per heavy atom. The quantitative estimate of drug-likeness (QED) is 0.446. The van der Waals surface area contributed by atoms with E-state index >= 15 is 0 Å². The predicted octanol–water partition coefficient (Wildman–Crippen LogP) is 5.53. The van der Waals surface area contributed by atoms with Gasteiger partial charge in [-0.05, 0) is 49.1 Å². The zero-order chi connectivity index (χ0) is 26.3. The lowest BCUT2D eigenvalue weighted by atomic mass is 9.93. The number of amides is 2. The predicted molar refractivity (Wildman–Crippen MR) is 136 cm³/mol. The molecule has 1 N–H and O–H groups in total. The van der Waals surface area contributed by atoms with Crippen molar-refractivity contribution in [2.75, 3.05) is 11.9 Å². The van der Waals surface area contributed by atoms with E-state index in [0.29, 0.717) is 30.6 Å². The van der Waals surface area contributed by atoms with Gasteiger partial charge >= 0.3 is 0 Å². The fourth-order valence-corrected chi connectivity index (χ4v) is 5.26. The van der Waals surface area contributed by atoms with Crippen molar-refractivity contribution in [1.29, 1.82) is 0 Å². The van der Waals surface area contributed by atoms with Gasteiger partial charge in [-0.15, -0.1) is 0 Å². The number of nitrogens with zero attached hydrogens (tertiary/aromatic N) is 4. The van der Waals surface area contributed by atoms with Crippen LogP contribution in [0.5, 0.6) is 0 Å². The Bertz CT molecular complexity index is 1420. The molecule has 3 aromatic rings. The number of hydrogen-bond acceptors (Lipinski definition) is 4. The fourth-order valence-electron chi connectivity index (χ4n) is 5.10. The van der Waals surface area contributed by atoms with Gasteiger partial charge in [0.15, 0.2) is 5.82 Å². The van der Waals surface area contributed by atoms with Gasteiger partial charge in [0.2, 0.25) is 11.8 Å². The van der Waals surface area contributed by atoms with Gasteiger partial charge in [-0.3, -0.25) is 19.3 Å². The van der Waals surface area contributed by atoms with Crippen LogP contribution >= 0.6 is 11.6 Å². The highest BCUT2D eigenvalue weighted by Gasteiger charge is 2.31. The number of nitrogens with one attached hydrogen (secondary N) is 1. The standard InChI is InChI=1S/C27H26ClF2N5O2/c1-15-4-3-5-22(20-12-17(8-10-31-20)26-21(33-27(15)37)14-32-34(26)2)35-11-9-16(13-23(35)36)24-19(29)7-6-18(28)25(24)30/h6-8,10,12-15,22H,3-5,9,11H2,1-2H3,(H,33,37). The molecule has 5 rings (SSSR count). The number of rotatable bonds is 2. The maximum atomic E-state index is 14.6. The molecular formula is C27H26ClF2N5O2. The summed E-state index contributed by atoms with van der Waals surface area (Å²) in [6, 6.07) is 5.63. The summed E-state index contributed by atoms with van der Waals surface area (Å²) >= 11 is 5.87. The smallest absolute Gasteiger partial charge is 0.247 e. The van der Waals surface area contributed by atoms with E-state index < -0.39 is 11.6 Å². The molecule has 192 valence electrons. The van der Waals surface area contributed by atoms with Crippen LogP contribution in [0.15, 0.2) is 42.7 Å². The number of aryl methyl sites for hydroxylation is 1.